The Balaban J connectivity index is 1.81. The Kier molecular flexibility index (Phi) is 5.84. The molecule has 146 valence electrons. The number of nitrogens with one attached hydrogen (secondary N) is 2. The molecule has 0 aliphatic heterocycles. The summed E-state index contributed by atoms with van der Waals surface area (Å²) in [6.07, 6.45) is 1.42. The van der Waals surface area contributed by atoms with Gasteiger partial charge in [0.25, 0.3) is 0 Å². The van der Waals surface area contributed by atoms with E-state index in [0.29, 0.717) is 5.69 Å². The predicted octanol–water partition coefficient (Wildman–Crippen LogP) is 4.23. The molecule has 1 aromatic heterocycles. The van der Waals surface area contributed by atoms with E-state index in [1.54, 1.807) is 54.6 Å². The molecule has 0 aliphatic rings. The molecule has 2 N–H and O–H groups in total. The maximum Gasteiger partial charge on any atom is 0.319 e. The standard InChI is InChI=1S/C21H22N2O4S/c1-15-10-11-18(13-16(15)2)28(25,26)20(19-9-6-12-27-19)14-22-21(24)23-17-7-4-3-5-8-17/h3-13,20H,14H2,1-2H3,(H2,22,23,24)/t20-/m0/s1. The third-order valence-corrected chi connectivity index (χ3v) is 6.58. The number of para-hydroxylation sites is 1. The number of sulfone groups is 1. The first-order valence-electron chi connectivity index (χ1n) is 8.82. The van der Waals surface area contributed by atoms with Crippen molar-refractivity contribution in [1.82, 2.24) is 5.32 Å². The van der Waals surface area contributed by atoms with Gasteiger partial charge in [-0.15, -0.1) is 0 Å². The van der Waals surface area contributed by atoms with Crippen molar-refractivity contribution in [1.29, 1.82) is 0 Å². The molecule has 0 spiro atoms. The first kappa shape index (κ1) is 19.7. The molecule has 0 saturated heterocycles. The molecule has 0 fully saturated rings. The van der Waals surface area contributed by atoms with Crippen LogP contribution in [-0.4, -0.2) is 21.0 Å². The van der Waals surface area contributed by atoms with Crippen molar-refractivity contribution in [2.24, 2.45) is 0 Å². The molecule has 7 heteroatoms. The fourth-order valence-electron chi connectivity index (χ4n) is 2.78. The lowest BCUT2D eigenvalue weighted by atomic mass is 10.1. The predicted molar refractivity (Wildman–Crippen MR) is 108 cm³/mol. The lowest BCUT2D eigenvalue weighted by Gasteiger charge is -2.17. The van der Waals surface area contributed by atoms with Gasteiger partial charge in [-0.2, -0.15) is 0 Å². The van der Waals surface area contributed by atoms with Crippen LogP contribution in [0.4, 0.5) is 10.5 Å². The highest BCUT2D eigenvalue weighted by atomic mass is 32.2. The molecule has 1 atom stereocenters. The van der Waals surface area contributed by atoms with E-state index in [9.17, 15) is 13.2 Å². The Morgan fingerprint density at radius 2 is 1.75 bits per heavy atom. The Morgan fingerprint density at radius 1 is 1.00 bits per heavy atom. The first-order chi connectivity index (χ1) is 13.4. The third-order valence-electron chi connectivity index (χ3n) is 4.52. The van der Waals surface area contributed by atoms with Gasteiger partial charge in [-0.25, -0.2) is 13.2 Å². The summed E-state index contributed by atoms with van der Waals surface area (Å²) in [5.74, 6) is 0.276. The number of urea groups is 1. The summed E-state index contributed by atoms with van der Waals surface area (Å²) in [4.78, 5) is 12.4. The van der Waals surface area contributed by atoms with E-state index < -0.39 is 21.1 Å². The molecule has 6 nitrogen and oxygen atoms in total. The number of aryl methyl sites for hydroxylation is 2. The van der Waals surface area contributed by atoms with Gasteiger partial charge in [0.2, 0.25) is 0 Å². The number of furan rings is 1. The minimum atomic E-state index is -3.77. The second-order valence-corrected chi connectivity index (χ2v) is 8.63. The summed E-state index contributed by atoms with van der Waals surface area (Å²) in [6.45, 7) is 3.66. The van der Waals surface area contributed by atoms with Crippen molar-refractivity contribution in [2.45, 2.75) is 24.0 Å². The molecule has 28 heavy (non-hydrogen) atoms. The second kappa shape index (κ2) is 8.31. The zero-order valence-corrected chi connectivity index (χ0v) is 16.5. The molecular formula is C21H22N2O4S. The fraction of sp³-hybridized carbons (Fsp3) is 0.190. The normalized spacial score (nSPS) is 12.4. The van der Waals surface area contributed by atoms with Gasteiger partial charge >= 0.3 is 6.03 Å². The maximum absolute atomic E-state index is 13.2. The van der Waals surface area contributed by atoms with Crippen molar-refractivity contribution in [3.8, 4) is 0 Å². The number of anilines is 1. The van der Waals surface area contributed by atoms with Gasteiger partial charge in [-0.05, 0) is 61.4 Å². The second-order valence-electron chi connectivity index (χ2n) is 6.50. The van der Waals surface area contributed by atoms with Crippen LogP contribution < -0.4 is 10.6 Å². The molecular weight excluding hydrogens is 376 g/mol. The maximum atomic E-state index is 13.2. The Morgan fingerprint density at radius 3 is 2.39 bits per heavy atom. The number of rotatable bonds is 6. The largest absolute Gasteiger partial charge is 0.468 e. The van der Waals surface area contributed by atoms with E-state index in [-0.39, 0.29) is 17.2 Å². The Labute approximate surface area is 164 Å². The summed E-state index contributed by atoms with van der Waals surface area (Å²) < 4.78 is 31.8. The summed E-state index contributed by atoms with van der Waals surface area (Å²) in [7, 11) is -3.77. The molecule has 0 aliphatic carbocycles. The molecule has 0 saturated carbocycles. The number of carbonyl (C=O) groups is 1. The lowest BCUT2D eigenvalue weighted by Crippen LogP contribution is -2.34. The number of amides is 2. The fourth-order valence-corrected chi connectivity index (χ4v) is 4.45. The molecule has 3 aromatic rings. The highest BCUT2D eigenvalue weighted by molar-refractivity contribution is 7.91. The summed E-state index contributed by atoms with van der Waals surface area (Å²) >= 11 is 0. The lowest BCUT2D eigenvalue weighted by molar-refractivity contribution is 0.252. The van der Waals surface area contributed by atoms with E-state index in [4.69, 9.17) is 4.42 Å². The van der Waals surface area contributed by atoms with Gasteiger partial charge in [0.05, 0.1) is 11.2 Å². The van der Waals surface area contributed by atoms with Gasteiger partial charge in [0, 0.05) is 12.2 Å². The molecule has 1 heterocycles. The van der Waals surface area contributed by atoms with Crippen LogP contribution in [-0.2, 0) is 9.84 Å². The quantitative estimate of drug-likeness (QED) is 0.650. The molecule has 3 rings (SSSR count). The topological polar surface area (TPSA) is 88.4 Å². The molecule has 2 aromatic carbocycles. The molecule has 2 amide bonds. The van der Waals surface area contributed by atoms with Crippen LogP contribution in [0.25, 0.3) is 0 Å². The molecule has 0 bridgehead atoms. The minimum absolute atomic E-state index is 0.124. The summed E-state index contributed by atoms with van der Waals surface area (Å²) in [5, 5.41) is 4.27. The zero-order valence-electron chi connectivity index (χ0n) is 15.7. The van der Waals surface area contributed by atoms with Crippen LogP contribution in [0.2, 0.25) is 0 Å². The van der Waals surface area contributed by atoms with E-state index >= 15 is 0 Å². The SMILES string of the molecule is Cc1ccc(S(=O)(=O)[C@@H](CNC(=O)Nc2ccccc2)c2ccco2)cc1C. The van der Waals surface area contributed by atoms with E-state index in [1.165, 1.54) is 6.26 Å². The van der Waals surface area contributed by atoms with Gasteiger partial charge in [0.1, 0.15) is 11.0 Å². The first-order valence-corrected chi connectivity index (χ1v) is 10.4. The van der Waals surface area contributed by atoms with Crippen molar-refractivity contribution < 1.29 is 17.6 Å². The molecule has 0 radical (unpaired) electrons. The Bertz CT molecular complexity index is 1050. The monoisotopic (exact) mass is 398 g/mol. The zero-order chi connectivity index (χ0) is 20.1. The average molecular weight is 398 g/mol. The number of benzene rings is 2. The van der Waals surface area contributed by atoms with Crippen LogP contribution in [0.1, 0.15) is 22.1 Å². The van der Waals surface area contributed by atoms with Gasteiger partial charge in [-0.3, -0.25) is 0 Å². The highest BCUT2D eigenvalue weighted by Crippen LogP contribution is 2.30. The van der Waals surface area contributed by atoms with E-state index in [1.807, 2.05) is 19.9 Å². The van der Waals surface area contributed by atoms with Crippen LogP contribution in [0.5, 0.6) is 0 Å². The van der Waals surface area contributed by atoms with E-state index in [0.717, 1.165) is 11.1 Å². The smallest absolute Gasteiger partial charge is 0.319 e. The Hall–Kier alpha value is -3.06. The average Bonchev–Trinajstić information content (AvgIpc) is 3.19. The van der Waals surface area contributed by atoms with Crippen molar-refractivity contribution in [3.05, 3.63) is 83.8 Å². The van der Waals surface area contributed by atoms with Gasteiger partial charge in [-0.1, -0.05) is 24.3 Å². The summed E-state index contributed by atoms with van der Waals surface area (Å²) in [5.41, 5.74) is 2.51. The molecule has 0 unspecified atom stereocenters. The third kappa shape index (κ3) is 4.43. The summed E-state index contributed by atoms with van der Waals surface area (Å²) in [6, 6.07) is 16.7. The number of hydrogen-bond donors (Lipinski definition) is 2. The number of carbonyl (C=O) groups excluding carboxylic acids is 1. The highest BCUT2D eigenvalue weighted by Gasteiger charge is 2.32. The van der Waals surface area contributed by atoms with Gasteiger partial charge in [0.15, 0.2) is 9.84 Å². The van der Waals surface area contributed by atoms with Crippen molar-refractivity contribution in [3.63, 3.8) is 0 Å². The minimum Gasteiger partial charge on any atom is -0.468 e. The van der Waals surface area contributed by atoms with Crippen LogP contribution in [0, 0.1) is 13.8 Å². The number of hydrogen-bond acceptors (Lipinski definition) is 4. The van der Waals surface area contributed by atoms with Gasteiger partial charge < -0.3 is 15.1 Å². The van der Waals surface area contributed by atoms with Crippen molar-refractivity contribution >= 4 is 21.6 Å². The van der Waals surface area contributed by atoms with Crippen LogP contribution in [0.3, 0.4) is 0 Å². The van der Waals surface area contributed by atoms with Crippen LogP contribution in [0.15, 0.2) is 76.2 Å². The van der Waals surface area contributed by atoms with Crippen molar-refractivity contribution in [2.75, 3.05) is 11.9 Å². The van der Waals surface area contributed by atoms with Crippen LogP contribution >= 0.6 is 0 Å². The van der Waals surface area contributed by atoms with E-state index in [2.05, 4.69) is 10.6 Å².